The fourth-order valence-electron chi connectivity index (χ4n) is 1.08. The van der Waals surface area contributed by atoms with E-state index in [1.54, 1.807) is 12.4 Å². The number of sulfone groups is 1. The van der Waals surface area contributed by atoms with Gasteiger partial charge in [0.15, 0.2) is 9.84 Å². The van der Waals surface area contributed by atoms with Crippen LogP contribution in [0.4, 0.5) is 0 Å². The molecule has 0 aliphatic heterocycles. The molecule has 0 saturated carbocycles. The number of hydrogen-bond donors (Lipinski definition) is 0. The van der Waals surface area contributed by atoms with Crippen LogP contribution >= 0.6 is 11.3 Å². The summed E-state index contributed by atoms with van der Waals surface area (Å²) in [6.45, 7) is 0. The van der Waals surface area contributed by atoms with E-state index in [9.17, 15) is 8.42 Å². The third-order valence-corrected chi connectivity index (χ3v) is 3.51. The van der Waals surface area contributed by atoms with Crippen LogP contribution in [0.2, 0.25) is 0 Å². The SMILES string of the molecule is [CH2]S(=O)(=O)Cc1nc2cnccc2s1. The molecule has 0 aliphatic rings. The fraction of sp³-hybridized carbons (Fsp3) is 0.125. The van der Waals surface area contributed by atoms with Crippen molar-refractivity contribution in [1.29, 1.82) is 0 Å². The second-order valence-corrected chi connectivity index (χ2v) is 5.73. The van der Waals surface area contributed by atoms with Gasteiger partial charge in [0.25, 0.3) is 0 Å². The lowest BCUT2D eigenvalue weighted by Gasteiger charge is -1.89. The van der Waals surface area contributed by atoms with Crippen LogP contribution in [-0.2, 0) is 15.6 Å². The molecule has 73 valence electrons. The normalized spacial score (nSPS) is 12.1. The van der Waals surface area contributed by atoms with E-state index in [0.717, 1.165) is 10.2 Å². The topological polar surface area (TPSA) is 59.9 Å². The Morgan fingerprint density at radius 2 is 2.29 bits per heavy atom. The highest BCUT2D eigenvalue weighted by atomic mass is 32.2. The summed E-state index contributed by atoms with van der Waals surface area (Å²) in [4.78, 5) is 8.04. The fourth-order valence-corrected chi connectivity index (χ4v) is 3.02. The van der Waals surface area contributed by atoms with E-state index in [1.807, 2.05) is 6.07 Å². The Morgan fingerprint density at radius 1 is 1.50 bits per heavy atom. The Balaban J connectivity index is 2.46. The lowest BCUT2D eigenvalue weighted by atomic mass is 10.5. The molecule has 0 unspecified atom stereocenters. The van der Waals surface area contributed by atoms with Crippen LogP contribution in [0.1, 0.15) is 5.01 Å². The molecule has 0 amide bonds. The Labute approximate surface area is 85.5 Å². The first-order valence-electron chi connectivity index (χ1n) is 3.80. The molecule has 0 aliphatic carbocycles. The van der Waals surface area contributed by atoms with Crippen molar-refractivity contribution in [3.05, 3.63) is 29.7 Å². The Morgan fingerprint density at radius 3 is 2.93 bits per heavy atom. The molecular formula is C8H7N2O2S2. The number of rotatable bonds is 2. The van der Waals surface area contributed by atoms with E-state index < -0.39 is 9.84 Å². The van der Waals surface area contributed by atoms with Crippen molar-refractivity contribution in [2.24, 2.45) is 0 Å². The maximum absolute atomic E-state index is 10.9. The highest BCUT2D eigenvalue weighted by molar-refractivity contribution is 7.91. The summed E-state index contributed by atoms with van der Waals surface area (Å²) < 4.78 is 22.8. The van der Waals surface area contributed by atoms with E-state index in [1.165, 1.54) is 11.3 Å². The molecule has 0 saturated heterocycles. The van der Waals surface area contributed by atoms with E-state index in [4.69, 9.17) is 0 Å². The van der Waals surface area contributed by atoms with Crippen molar-refractivity contribution in [3.8, 4) is 0 Å². The maximum atomic E-state index is 10.9. The molecule has 2 heterocycles. The standard InChI is InChI=1S/C8H7N2O2S2/c1-14(11,12)5-8-10-6-4-9-3-2-7(6)13-8/h2-4H,1,5H2. The predicted octanol–water partition coefficient (Wildman–Crippen LogP) is 1.40. The molecule has 2 aromatic rings. The first-order valence-corrected chi connectivity index (χ1v) is 6.43. The number of pyridine rings is 1. The predicted molar refractivity (Wildman–Crippen MR) is 55.4 cm³/mol. The Bertz CT molecular complexity index is 526. The van der Waals surface area contributed by atoms with Crippen molar-refractivity contribution in [2.45, 2.75) is 5.75 Å². The summed E-state index contributed by atoms with van der Waals surface area (Å²) in [7, 11) is -3.25. The number of fused-ring (bicyclic) bond motifs is 1. The molecule has 14 heavy (non-hydrogen) atoms. The van der Waals surface area contributed by atoms with Crippen molar-refractivity contribution >= 4 is 31.4 Å². The van der Waals surface area contributed by atoms with Crippen molar-refractivity contribution in [3.63, 3.8) is 0 Å². The third kappa shape index (κ3) is 2.08. The summed E-state index contributed by atoms with van der Waals surface area (Å²) >= 11 is 1.35. The quantitative estimate of drug-likeness (QED) is 0.778. The number of aromatic nitrogens is 2. The zero-order valence-corrected chi connectivity index (χ0v) is 8.81. The monoisotopic (exact) mass is 227 g/mol. The number of thiazole rings is 1. The van der Waals surface area contributed by atoms with Crippen molar-refractivity contribution < 1.29 is 8.42 Å². The molecule has 0 aromatic carbocycles. The number of nitrogens with zero attached hydrogens (tertiary/aromatic N) is 2. The average molecular weight is 227 g/mol. The molecule has 0 fully saturated rings. The van der Waals surface area contributed by atoms with Gasteiger partial charge in [-0.25, -0.2) is 13.4 Å². The minimum atomic E-state index is -3.25. The molecule has 2 rings (SSSR count). The van der Waals surface area contributed by atoms with Crippen LogP contribution in [0.25, 0.3) is 10.2 Å². The first-order chi connectivity index (χ1) is 6.54. The van der Waals surface area contributed by atoms with Gasteiger partial charge in [0.2, 0.25) is 0 Å². The summed E-state index contributed by atoms with van der Waals surface area (Å²) in [6.07, 6.45) is 6.33. The first kappa shape index (κ1) is 9.54. The van der Waals surface area contributed by atoms with Crippen LogP contribution in [0.3, 0.4) is 0 Å². The molecule has 0 atom stereocenters. The van der Waals surface area contributed by atoms with Crippen LogP contribution in [0, 0.1) is 6.26 Å². The van der Waals surface area contributed by atoms with Crippen LogP contribution in [0.5, 0.6) is 0 Å². The van der Waals surface area contributed by atoms with Gasteiger partial charge in [-0.15, -0.1) is 11.3 Å². The Kier molecular flexibility index (Phi) is 2.24. The zero-order chi connectivity index (χ0) is 10.2. The average Bonchev–Trinajstić information content (AvgIpc) is 2.42. The highest BCUT2D eigenvalue weighted by Gasteiger charge is 2.09. The van der Waals surface area contributed by atoms with Gasteiger partial charge in [-0.1, -0.05) is 0 Å². The smallest absolute Gasteiger partial charge is 0.157 e. The molecule has 6 heteroatoms. The third-order valence-electron chi connectivity index (χ3n) is 1.58. The van der Waals surface area contributed by atoms with E-state index in [2.05, 4.69) is 16.2 Å². The van der Waals surface area contributed by atoms with Gasteiger partial charge < -0.3 is 0 Å². The van der Waals surface area contributed by atoms with Crippen molar-refractivity contribution in [2.75, 3.05) is 0 Å². The minimum Gasteiger partial charge on any atom is -0.262 e. The van der Waals surface area contributed by atoms with Gasteiger partial charge in [0, 0.05) is 6.20 Å². The lowest BCUT2D eigenvalue weighted by Crippen LogP contribution is -1.96. The van der Waals surface area contributed by atoms with Crippen molar-refractivity contribution in [1.82, 2.24) is 9.97 Å². The summed E-state index contributed by atoms with van der Waals surface area (Å²) in [5.41, 5.74) is 0.733. The second-order valence-electron chi connectivity index (χ2n) is 2.84. The van der Waals surface area contributed by atoms with E-state index in [0.29, 0.717) is 5.01 Å². The summed E-state index contributed by atoms with van der Waals surface area (Å²) in [5.74, 6) is -0.105. The maximum Gasteiger partial charge on any atom is 0.157 e. The van der Waals surface area contributed by atoms with Gasteiger partial charge in [-0.2, -0.15) is 0 Å². The number of hydrogen-bond acceptors (Lipinski definition) is 5. The van der Waals surface area contributed by atoms with Gasteiger partial charge in [-0.05, 0) is 6.07 Å². The van der Waals surface area contributed by atoms with Gasteiger partial charge in [0.1, 0.15) is 10.8 Å². The molecule has 2 aromatic heterocycles. The largest absolute Gasteiger partial charge is 0.262 e. The van der Waals surface area contributed by atoms with E-state index in [-0.39, 0.29) is 5.75 Å². The van der Waals surface area contributed by atoms with Crippen LogP contribution in [-0.4, -0.2) is 18.4 Å². The molecular weight excluding hydrogens is 220 g/mol. The zero-order valence-electron chi connectivity index (χ0n) is 7.17. The lowest BCUT2D eigenvalue weighted by molar-refractivity contribution is 0.603. The van der Waals surface area contributed by atoms with Gasteiger partial charge in [-0.3, -0.25) is 4.98 Å². The molecule has 0 spiro atoms. The van der Waals surface area contributed by atoms with Gasteiger partial charge in [0.05, 0.1) is 22.7 Å². The van der Waals surface area contributed by atoms with Crippen LogP contribution in [0.15, 0.2) is 18.5 Å². The highest BCUT2D eigenvalue weighted by Crippen LogP contribution is 2.21. The second kappa shape index (κ2) is 3.29. The molecule has 4 nitrogen and oxygen atoms in total. The van der Waals surface area contributed by atoms with Gasteiger partial charge >= 0.3 is 0 Å². The molecule has 0 N–H and O–H groups in total. The van der Waals surface area contributed by atoms with E-state index >= 15 is 0 Å². The molecule has 1 radical (unpaired) electrons. The minimum absolute atomic E-state index is 0.105. The summed E-state index contributed by atoms with van der Waals surface area (Å²) in [5, 5.41) is 0.558. The molecule has 0 bridgehead atoms. The van der Waals surface area contributed by atoms with Crippen LogP contribution < -0.4 is 0 Å². The summed E-state index contributed by atoms with van der Waals surface area (Å²) in [6, 6.07) is 1.81. The Hall–Kier alpha value is -1.01.